The third-order valence-electron chi connectivity index (χ3n) is 3.86. The Hall–Kier alpha value is -1.58. The number of hydrogen-bond acceptors (Lipinski definition) is 3. The molecule has 0 spiro atoms. The molecular weight excluding hydrogens is 262 g/mol. The van der Waals surface area contributed by atoms with Crippen molar-refractivity contribution in [1.82, 2.24) is 5.32 Å². The molecule has 0 fully saturated rings. The number of unbranched alkanes of at least 4 members (excludes halogenated alkanes) is 2. The van der Waals surface area contributed by atoms with E-state index < -0.39 is 0 Å². The van der Waals surface area contributed by atoms with Gasteiger partial charge in [-0.25, -0.2) is 0 Å². The van der Waals surface area contributed by atoms with Crippen LogP contribution in [0.25, 0.3) is 10.8 Å². The molecule has 0 radical (unpaired) electrons. The second-order valence-corrected chi connectivity index (χ2v) is 5.35. The fraction of sp³-hybridized carbons (Fsp3) is 0.444. The van der Waals surface area contributed by atoms with E-state index in [1.807, 2.05) is 7.05 Å². The number of rotatable bonds is 8. The van der Waals surface area contributed by atoms with Gasteiger partial charge in [0.05, 0.1) is 6.61 Å². The lowest BCUT2D eigenvalue weighted by molar-refractivity contribution is 0.265. The van der Waals surface area contributed by atoms with Crippen molar-refractivity contribution in [2.24, 2.45) is 0 Å². The molecule has 1 atom stereocenters. The molecule has 0 bridgehead atoms. The third-order valence-corrected chi connectivity index (χ3v) is 3.86. The van der Waals surface area contributed by atoms with Gasteiger partial charge in [-0.1, -0.05) is 36.4 Å². The number of fused-ring (bicyclic) bond motifs is 1. The van der Waals surface area contributed by atoms with E-state index in [1.165, 1.54) is 16.3 Å². The summed E-state index contributed by atoms with van der Waals surface area (Å²) >= 11 is 0. The van der Waals surface area contributed by atoms with Crippen LogP contribution in [0.2, 0.25) is 0 Å². The van der Waals surface area contributed by atoms with Gasteiger partial charge in [0.15, 0.2) is 0 Å². The minimum atomic E-state index is 0.252. The average Bonchev–Trinajstić information content (AvgIpc) is 2.53. The van der Waals surface area contributed by atoms with E-state index in [-0.39, 0.29) is 12.6 Å². The van der Waals surface area contributed by atoms with Crippen LogP contribution in [0.4, 0.5) is 0 Å². The number of hydrogen-bond donors (Lipinski definition) is 2. The van der Waals surface area contributed by atoms with Crippen molar-refractivity contribution in [1.29, 1.82) is 0 Å². The topological polar surface area (TPSA) is 41.5 Å². The first-order chi connectivity index (χ1) is 10.3. The van der Waals surface area contributed by atoms with Crippen LogP contribution >= 0.6 is 0 Å². The Labute approximate surface area is 126 Å². The van der Waals surface area contributed by atoms with Gasteiger partial charge in [-0.3, -0.25) is 0 Å². The molecule has 2 rings (SSSR count). The van der Waals surface area contributed by atoms with Crippen molar-refractivity contribution in [3.63, 3.8) is 0 Å². The smallest absolute Gasteiger partial charge is 0.131 e. The summed E-state index contributed by atoms with van der Waals surface area (Å²) in [7, 11) is 1.96. The van der Waals surface area contributed by atoms with Crippen LogP contribution in [-0.4, -0.2) is 25.4 Å². The standard InChI is InChI=1S/C18H25NO2/c1-14(19-2)16-11-10-15-8-4-5-9-17(15)18(16)21-13-7-3-6-12-20/h4-5,8-11,14,19-20H,3,6-7,12-13H2,1-2H3. The van der Waals surface area contributed by atoms with Crippen LogP contribution in [0.3, 0.4) is 0 Å². The van der Waals surface area contributed by atoms with Crippen LogP contribution in [0.1, 0.15) is 37.8 Å². The molecule has 2 aromatic carbocycles. The van der Waals surface area contributed by atoms with E-state index in [0.717, 1.165) is 25.0 Å². The summed E-state index contributed by atoms with van der Waals surface area (Å²) in [6.07, 6.45) is 2.81. The van der Waals surface area contributed by atoms with E-state index in [4.69, 9.17) is 9.84 Å². The zero-order valence-corrected chi connectivity index (χ0v) is 12.9. The Kier molecular flexibility index (Phi) is 6.03. The maximum atomic E-state index is 8.82. The molecule has 3 heteroatoms. The van der Waals surface area contributed by atoms with Crippen molar-refractivity contribution in [2.45, 2.75) is 32.2 Å². The summed E-state index contributed by atoms with van der Waals surface area (Å²) in [5, 5.41) is 14.5. The zero-order chi connectivity index (χ0) is 15.1. The second kappa shape index (κ2) is 8.01. The van der Waals surface area contributed by atoms with Crippen molar-refractivity contribution >= 4 is 10.8 Å². The van der Waals surface area contributed by atoms with Crippen molar-refractivity contribution in [2.75, 3.05) is 20.3 Å². The van der Waals surface area contributed by atoms with Gasteiger partial charge < -0.3 is 15.2 Å². The molecular formula is C18H25NO2. The van der Waals surface area contributed by atoms with Gasteiger partial charge >= 0.3 is 0 Å². The summed E-state index contributed by atoms with van der Waals surface area (Å²) in [4.78, 5) is 0. The van der Waals surface area contributed by atoms with Gasteiger partial charge in [-0.15, -0.1) is 0 Å². The van der Waals surface area contributed by atoms with Gasteiger partial charge in [0.2, 0.25) is 0 Å². The quantitative estimate of drug-likeness (QED) is 0.728. The molecule has 1 unspecified atom stereocenters. The summed E-state index contributed by atoms with van der Waals surface area (Å²) < 4.78 is 6.10. The Bertz CT molecular complexity index is 568. The lowest BCUT2D eigenvalue weighted by atomic mass is 10.0. The summed E-state index contributed by atoms with van der Waals surface area (Å²) in [6, 6.07) is 12.9. The number of aliphatic hydroxyl groups excluding tert-OH is 1. The van der Waals surface area contributed by atoms with E-state index in [1.54, 1.807) is 0 Å². The SMILES string of the molecule is CNC(C)c1ccc2ccccc2c1OCCCCCO. The minimum Gasteiger partial charge on any atom is -0.493 e. The first kappa shape index (κ1) is 15.8. The first-order valence-corrected chi connectivity index (χ1v) is 7.70. The maximum absolute atomic E-state index is 8.82. The summed E-state index contributed by atoms with van der Waals surface area (Å²) in [5.74, 6) is 0.985. The lowest BCUT2D eigenvalue weighted by Crippen LogP contribution is -2.14. The highest BCUT2D eigenvalue weighted by Gasteiger charge is 2.13. The minimum absolute atomic E-state index is 0.252. The summed E-state index contributed by atoms with van der Waals surface area (Å²) in [5.41, 5.74) is 1.19. The number of ether oxygens (including phenoxy) is 1. The van der Waals surface area contributed by atoms with E-state index in [2.05, 4.69) is 48.6 Å². The number of nitrogens with one attached hydrogen (secondary N) is 1. The molecule has 0 aliphatic carbocycles. The largest absolute Gasteiger partial charge is 0.493 e. The molecule has 0 aliphatic heterocycles. The van der Waals surface area contributed by atoms with Gasteiger partial charge in [0.25, 0.3) is 0 Å². The first-order valence-electron chi connectivity index (χ1n) is 7.70. The predicted molar refractivity (Wildman–Crippen MR) is 87.9 cm³/mol. The molecule has 0 aliphatic rings. The molecule has 0 saturated carbocycles. The Balaban J connectivity index is 2.23. The monoisotopic (exact) mass is 287 g/mol. The molecule has 0 heterocycles. The van der Waals surface area contributed by atoms with Crippen LogP contribution in [0, 0.1) is 0 Å². The van der Waals surface area contributed by atoms with Crippen molar-refractivity contribution in [3.8, 4) is 5.75 Å². The molecule has 2 N–H and O–H groups in total. The molecule has 114 valence electrons. The lowest BCUT2D eigenvalue weighted by Gasteiger charge is -2.18. The van der Waals surface area contributed by atoms with Crippen molar-refractivity contribution in [3.05, 3.63) is 42.0 Å². The highest BCUT2D eigenvalue weighted by molar-refractivity contribution is 5.89. The Morgan fingerprint density at radius 3 is 2.67 bits per heavy atom. The predicted octanol–water partition coefficient (Wildman–Crippen LogP) is 3.66. The van der Waals surface area contributed by atoms with E-state index >= 15 is 0 Å². The molecule has 2 aromatic rings. The van der Waals surface area contributed by atoms with Crippen molar-refractivity contribution < 1.29 is 9.84 Å². The van der Waals surface area contributed by atoms with E-state index in [9.17, 15) is 0 Å². The molecule has 21 heavy (non-hydrogen) atoms. The maximum Gasteiger partial charge on any atom is 0.131 e. The zero-order valence-electron chi connectivity index (χ0n) is 12.9. The second-order valence-electron chi connectivity index (χ2n) is 5.35. The molecule has 3 nitrogen and oxygen atoms in total. The highest BCUT2D eigenvalue weighted by Crippen LogP contribution is 2.33. The van der Waals surface area contributed by atoms with E-state index in [0.29, 0.717) is 6.61 Å². The van der Waals surface area contributed by atoms with Crippen LogP contribution in [0.5, 0.6) is 5.75 Å². The van der Waals surface area contributed by atoms with Gasteiger partial charge in [0, 0.05) is 23.6 Å². The number of benzene rings is 2. The number of aliphatic hydroxyl groups is 1. The van der Waals surface area contributed by atoms with Gasteiger partial charge in [-0.05, 0) is 38.6 Å². The molecule has 0 aromatic heterocycles. The average molecular weight is 287 g/mol. The highest BCUT2D eigenvalue weighted by atomic mass is 16.5. The molecule has 0 amide bonds. The molecule has 0 saturated heterocycles. The van der Waals surface area contributed by atoms with Crippen LogP contribution in [0.15, 0.2) is 36.4 Å². The Morgan fingerprint density at radius 2 is 1.90 bits per heavy atom. The Morgan fingerprint density at radius 1 is 1.10 bits per heavy atom. The van der Waals surface area contributed by atoms with Crippen LogP contribution in [-0.2, 0) is 0 Å². The summed E-state index contributed by atoms with van der Waals surface area (Å²) in [6.45, 7) is 3.09. The normalized spacial score (nSPS) is 12.5. The van der Waals surface area contributed by atoms with Gasteiger partial charge in [-0.2, -0.15) is 0 Å². The fourth-order valence-corrected chi connectivity index (χ4v) is 2.48. The van der Waals surface area contributed by atoms with Crippen LogP contribution < -0.4 is 10.1 Å². The third kappa shape index (κ3) is 3.96. The fourth-order valence-electron chi connectivity index (χ4n) is 2.48. The van der Waals surface area contributed by atoms with Gasteiger partial charge in [0.1, 0.15) is 5.75 Å².